The molecule has 0 bridgehead atoms. The minimum Gasteiger partial charge on any atom is -0.356 e. The van der Waals surface area contributed by atoms with Gasteiger partial charge in [0.1, 0.15) is 12.4 Å². The molecule has 24 heavy (non-hydrogen) atoms. The van der Waals surface area contributed by atoms with Crippen LogP contribution in [0.3, 0.4) is 0 Å². The van der Waals surface area contributed by atoms with Crippen LogP contribution in [0.5, 0.6) is 0 Å². The van der Waals surface area contributed by atoms with Gasteiger partial charge < -0.3 is 14.5 Å². The van der Waals surface area contributed by atoms with Crippen molar-refractivity contribution in [3.63, 3.8) is 0 Å². The van der Waals surface area contributed by atoms with Gasteiger partial charge in [0.05, 0.1) is 6.04 Å². The van der Waals surface area contributed by atoms with Crippen LogP contribution in [0.1, 0.15) is 31.4 Å². The highest BCUT2D eigenvalue weighted by Gasteiger charge is 2.42. The van der Waals surface area contributed by atoms with Crippen molar-refractivity contribution in [1.29, 1.82) is 0 Å². The van der Waals surface area contributed by atoms with E-state index in [1.807, 2.05) is 0 Å². The lowest BCUT2D eigenvalue weighted by Crippen LogP contribution is -2.54. The van der Waals surface area contributed by atoms with Crippen molar-refractivity contribution in [3.05, 3.63) is 35.6 Å². The lowest BCUT2D eigenvalue weighted by Gasteiger charge is -2.41. The Labute approximate surface area is 141 Å². The Morgan fingerprint density at radius 1 is 1.29 bits per heavy atom. The van der Waals surface area contributed by atoms with E-state index in [1.54, 1.807) is 24.1 Å². The van der Waals surface area contributed by atoms with E-state index in [4.69, 9.17) is 4.74 Å². The molecular formula is C18H23FN2O3. The fourth-order valence-electron chi connectivity index (χ4n) is 3.42. The molecule has 1 aromatic carbocycles. The molecule has 2 saturated heterocycles. The predicted molar refractivity (Wildman–Crippen MR) is 86.6 cm³/mol. The Morgan fingerprint density at radius 2 is 2.00 bits per heavy atom. The first-order valence-corrected chi connectivity index (χ1v) is 8.39. The molecule has 130 valence electrons. The van der Waals surface area contributed by atoms with Crippen LogP contribution in [0.4, 0.5) is 4.39 Å². The van der Waals surface area contributed by atoms with Crippen molar-refractivity contribution in [1.82, 2.24) is 9.80 Å². The molecule has 0 radical (unpaired) electrons. The number of likely N-dealkylation sites (tertiary alicyclic amines) is 1. The zero-order chi connectivity index (χ0) is 17.3. The number of carbonyl (C=O) groups excluding carboxylic acids is 2. The van der Waals surface area contributed by atoms with Crippen molar-refractivity contribution < 1.29 is 18.7 Å². The van der Waals surface area contributed by atoms with Gasteiger partial charge in [0, 0.05) is 20.1 Å². The average molecular weight is 334 g/mol. The van der Waals surface area contributed by atoms with E-state index in [-0.39, 0.29) is 18.4 Å². The average Bonchev–Trinajstić information content (AvgIpc) is 2.57. The number of ether oxygens (including phenoxy) is 1. The molecule has 0 spiro atoms. The first-order valence-electron chi connectivity index (χ1n) is 8.39. The van der Waals surface area contributed by atoms with Crippen LogP contribution >= 0.6 is 0 Å². The van der Waals surface area contributed by atoms with Gasteiger partial charge in [-0.25, -0.2) is 4.39 Å². The quantitative estimate of drug-likeness (QED) is 0.831. The van der Waals surface area contributed by atoms with Gasteiger partial charge in [-0.15, -0.1) is 0 Å². The van der Waals surface area contributed by atoms with Crippen molar-refractivity contribution >= 4 is 11.8 Å². The Kier molecular flexibility index (Phi) is 4.85. The first-order chi connectivity index (χ1) is 11.5. The monoisotopic (exact) mass is 334 g/mol. The summed E-state index contributed by atoms with van der Waals surface area (Å²) in [4.78, 5) is 28.3. The van der Waals surface area contributed by atoms with Crippen molar-refractivity contribution in [3.8, 4) is 0 Å². The summed E-state index contributed by atoms with van der Waals surface area (Å²) in [6.45, 7) is 3.46. The van der Waals surface area contributed by atoms with Gasteiger partial charge in [-0.3, -0.25) is 9.59 Å². The highest BCUT2D eigenvalue weighted by molar-refractivity contribution is 5.86. The Morgan fingerprint density at radius 3 is 2.67 bits per heavy atom. The van der Waals surface area contributed by atoms with Crippen molar-refractivity contribution in [2.75, 3.05) is 26.7 Å². The largest absolute Gasteiger partial charge is 0.356 e. The van der Waals surface area contributed by atoms with E-state index < -0.39 is 18.0 Å². The summed E-state index contributed by atoms with van der Waals surface area (Å²) in [5.41, 5.74) is 0.578. The van der Waals surface area contributed by atoms with Gasteiger partial charge in [-0.2, -0.15) is 0 Å². The molecule has 3 rings (SSSR count). The van der Waals surface area contributed by atoms with E-state index in [0.717, 1.165) is 12.8 Å². The third kappa shape index (κ3) is 3.29. The topological polar surface area (TPSA) is 49.9 Å². The zero-order valence-electron chi connectivity index (χ0n) is 14.1. The Hall–Kier alpha value is -1.95. The minimum absolute atomic E-state index is 0.115. The SMILES string of the molecule is CC1CCN(C(=O)[C@@H]2OCC(=O)N(C)[C@@H]2c2cccc(F)c2)CC1. The van der Waals surface area contributed by atoms with Crippen molar-refractivity contribution in [2.24, 2.45) is 5.92 Å². The number of amides is 2. The summed E-state index contributed by atoms with van der Waals surface area (Å²) in [6, 6.07) is 5.42. The Bertz CT molecular complexity index is 628. The molecule has 5 nitrogen and oxygen atoms in total. The third-order valence-electron chi connectivity index (χ3n) is 5.01. The maximum atomic E-state index is 13.6. The minimum atomic E-state index is -0.789. The second kappa shape index (κ2) is 6.89. The number of benzene rings is 1. The Balaban J connectivity index is 1.86. The van der Waals surface area contributed by atoms with Gasteiger partial charge in [0.2, 0.25) is 5.91 Å². The van der Waals surface area contributed by atoms with E-state index >= 15 is 0 Å². The van der Waals surface area contributed by atoms with Crippen LogP contribution < -0.4 is 0 Å². The molecule has 2 heterocycles. The summed E-state index contributed by atoms with van der Waals surface area (Å²) < 4.78 is 19.2. The second-order valence-corrected chi connectivity index (χ2v) is 6.74. The maximum Gasteiger partial charge on any atom is 0.254 e. The first kappa shape index (κ1) is 16.9. The van der Waals surface area contributed by atoms with Crippen LogP contribution in [0.15, 0.2) is 24.3 Å². The molecular weight excluding hydrogens is 311 g/mol. The molecule has 2 atom stereocenters. The standard InChI is InChI=1S/C18H23FN2O3/c1-12-6-8-21(9-7-12)18(23)17-16(20(2)15(22)11-24-17)13-4-3-5-14(19)10-13/h3-5,10,12,16-17H,6-9,11H2,1-2H3/t16-,17-/m1/s1. The van der Waals surface area contributed by atoms with Gasteiger partial charge >= 0.3 is 0 Å². The highest BCUT2D eigenvalue weighted by Crippen LogP contribution is 2.31. The second-order valence-electron chi connectivity index (χ2n) is 6.74. The fourth-order valence-corrected chi connectivity index (χ4v) is 3.42. The molecule has 0 N–H and O–H groups in total. The maximum absolute atomic E-state index is 13.6. The number of carbonyl (C=O) groups is 2. The predicted octanol–water partition coefficient (Wildman–Crippen LogP) is 1.98. The van der Waals surface area contributed by atoms with Gasteiger partial charge in [-0.05, 0) is 36.5 Å². The number of halogens is 1. The number of nitrogens with zero attached hydrogens (tertiary/aromatic N) is 2. The smallest absolute Gasteiger partial charge is 0.254 e. The number of piperidine rings is 1. The van der Waals surface area contributed by atoms with Crippen LogP contribution in [0.2, 0.25) is 0 Å². The summed E-state index contributed by atoms with van der Waals surface area (Å²) in [5, 5.41) is 0. The zero-order valence-corrected chi connectivity index (χ0v) is 14.1. The number of hydrogen-bond acceptors (Lipinski definition) is 3. The van der Waals surface area contributed by atoms with Crippen LogP contribution in [0, 0.1) is 11.7 Å². The number of likely N-dealkylation sites (N-methyl/N-ethyl adjacent to an activating group) is 1. The van der Waals surface area contributed by atoms with Crippen LogP contribution in [-0.4, -0.2) is 54.5 Å². The third-order valence-corrected chi connectivity index (χ3v) is 5.01. The molecule has 0 aliphatic carbocycles. The molecule has 2 fully saturated rings. The molecule has 0 saturated carbocycles. The lowest BCUT2D eigenvalue weighted by molar-refractivity contribution is -0.168. The molecule has 0 unspecified atom stereocenters. The van der Waals surface area contributed by atoms with Crippen LogP contribution in [0.25, 0.3) is 0 Å². The molecule has 6 heteroatoms. The van der Waals surface area contributed by atoms with E-state index in [2.05, 4.69) is 6.92 Å². The fraction of sp³-hybridized carbons (Fsp3) is 0.556. The highest BCUT2D eigenvalue weighted by atomic mass is 19.1. The summed E-state index contributed by atoms with van der Waals surface area (Å²) in [6.07, 6.45) is 1.15. The normalized spacial score (nSPS) is 25.9. The van der Waals surface area contributed by atoms with Gasteiger partial charge in [0.25, 0.3) is 5.91 Å². The molecule has 2 aliphatic heterocycles. The summed E-state index contributed by atoms with van der Waals surface area (Å²) in [7, 11) is 1.64. The number of morpholine rings is 1. The van der Waals surface area contributed by atoms with Gasteiger partial charge in [-0.1, -0.05) is 19.1 Å². The summed E-state index contributed by atoms with van der Waals surface area (Å²) >= 11 is 0. The number of rotatable bonds is 2. The van der Waals surface area contributed by atoms with E-state index in [1.165, 1.54) is 17.0 Å². The molecule has 2 aliphatic rings. The summed E-state index contributed by atoms with van der Waals surface area (Å²) in [5.74, 6) is -0.0994. The number of hydrogen-bond donors (Lipinski definition) is 0. The van der Waals surface area contributed by atoms with Gasteiger partial charge in [0.15, 0.2) is 6.10 Å². The van der Waals surface area contributed by atoms with Crippen molar-refractivity contribution in [2.45, 2.75) is 31.9 Å². The molecule has 1 aromatic rings. The van der Waals surface area contributed by atoms with E-state index in [0.29, 0.717) is 24.6 Å². The molecule has 2 amide bonds. The lowest BCUT2D eigenvalue weighted by atomic mass is 9.95. The van der Waals surface area contributed by atoms with Crippen LogP contribution in [-0.2, 0) is 14.3 Å². The molecule has 0 aromatic heterocycles. The van der Waals surface area contributed by atoms with E-state index in [9.17, 15) is 14.0 Å².